The van der Waals surface area contributed by atoms with Crippen LogP contribution in [-0.4, -0.2) is 37.3 Å². The molecule has 0 fully saturated rings. The normalized spacial score (nSPS) is 12.3. The van der Waals surface area contributed by atoms with E-state index < -0.39 is 0 Å². The molecule has 0 aliphatic carbocycles. The molecule has 0 saturated carbocycles. The molecule has 1 amide bonds. The number of aromatic nitrogens is 4. The van der Waals surface area contributed by atoms with Crippen LogP contribution in [0, 0.1) is 0 Å². The highest BCUT2D eigenvalue weighted by Crippen LogP contribution is 2.27. The Bertz CT molecular complexity index is 818. The molecule has 2 aromatic heterocycles. The van der Waals surface area contributed by atoms with Gasteiger partial charge in [-0.05, 0) is 37.4 Å². The zero-order valence-corrected chi connectivity index (χ0v) is 14.2. The van der Waals surface area contributed by atoms with Gasteiger partial charge in [-0.3, -0.25) is 4.79 Å². The summed E-state index contributed by atoms with van der Waals surface area (Å²) >= 11 is 3.04. The van der Waals surface area contributed by atoms with Gasteiger partial charge >= 0.3 is 0 Å². The molecule has 0 saturated heterocycles. The van der Waals surface area contributed by atoms with Crippen molar-refractivity contribution in [3.63, 3.8) is 0 Å². The summed E-state index contributed by atoms with van der Waals surface area (Å²) in [5, 5.41) is 3.34. The number of carbonyl (C=O) groups excluding carboxylic acids is 1. The third-order valence-electron chi connectivity index (χ3n) is 3.20. The van der Waals surface area contributed by atoms with Crippen LogP contribution in [0.15, 0.2) is 46.8 Å². The number of amides is 1. The highest BCUT2D eigenvalue weighted by molar-refractivity contribution is 8.00. The zero-order chi connectivity index (χ0) is 16.2. The van der Waals surface area contributed by atoms with E-state index in [2.05, 4.69) is 25.3 Å². The van der Waals surface area contributed by atoms with Gasteiger partial charge in [-0.2, -0.15) is 0 Å². The lowest BCUT2D eigenvalue weighted by Crippen LogP contribution is -2.22. The van der Waals surface area contributed by atoms with Crippen LogP contribution >= 0.6 is 23.5 Å². The van der Waals surface area contributed by atoms with E-state index in [1.165, 1.54) is 18.1 Å². The van der Waals surface area contributed by atoms with E-state index in [-0.39, 0.29) is 11.2 Å². The highest BCUT2D eigenvalue weighted by atomic mass is 32.2. The Morgan fingerprint density at radius 1 is 1.22 bits per heavy atom. The van der Waals surface area contributed by atoms with Crippen molar-refractivity contribution in [3.8, 4) is 0 Å². The molecule has 0 spiro atoms. The van der Waals surface area contributed by atoms with Crippen LogP contribution in [-0.2, 0) is 4.79 Å². The van der Waals surface area contributed by atoms with Crippen LogP contribution in [0.2, 0.25) is 0 Å². The molecule has 2 N–H and O–H groups in total. The quantitative estimate of drug-likeness (QED) is 0.546. The van der Waals surface area contributed by atoms with Gasteiger partial charge in [0.05, 0.1) is 11.6 Å². The van der Waals surface area contributed by atoms with Crippen LogP contribution in [0.25, 0.3) is 11.2 Å². The van der Waals surface area contributed by atoms with E-state index in [0.717, 1.165) is 16.1 Å². The average Bonchev–Trinajstić information content (AvgIpc) is 3.05. The number of carbonyl (C=O) groups is 1. The smallest absolute Gasteiger partial charge is 0.237 e. The number of anilines is 1. The summed E-state index contributed by atoms with van der Waals surface area (Å²) in [6.45, 7) is 1.85. The third kappa shape index (κ3) is 3.65. The van der Waals surface area contributed by atoms with Crippen molar-refractivity contribution < 1.29 is 4.79 Å². The second kappa shape index (κ2) is 7.01. The number of aromatic amines is 1. The number of H-pyrrole nitrogens is 1. The van der Waals surface area contributed by atoms with Gasteiger partial charge < -0.3 is 10.3 Å². The lowest BCUT2D eigenvalue weighted by Gasteiger charge is -2.12. The topological polar surface area (TPSA) is 83.6 Å². The summed E-state index contributed by atoms with van der Waals surface area (Å²) in [4.78, 5) is 28.9. The number of benzene rings is 1. The minimum atomic E-state index is -0.295. The molecule has 118 valence electrons. The van der Waals surface area contributed by atoms with E-state index in [1.54, 1.807) is 18.1 Å². The fourth-order valence-electron chi connectivity index (χ4n) is 1.97. The van der Waals surface area contributed by atoms with Gasteiger partial charge in [0.2, 0.25) is 5.91 Å². The van der Waals surface area contributed by atoms with Crippen LogP contribution < -0.4 is 5.32 Å². The van der Waals surface area contributed by atoms with Crippen molar-refractivity contribution in [2.24, 2.45) is 0 Å². The van der Waals surface area contributed by atoms with Gasteiger partial charge in [0.15, 0.2) is 5.65 Å². The maximum atomic E-state index is 12.3. The van der Waals surface area contributed by atoms with Gasteiger partial charge in [0.1, 0.15) is 16.9 Å². The Labute approximate surface area is 141 Å². The number of thioether (sulfide) groups is 2. The molecule has 23 heavy (non-hydrogen) atoms. The number of hydrogen-bond donors (Lipinski definition) is 2. The van der Waals surface area contributed by atoms with Crippen molar-refractivity contribution in [1.82, 2.24) is 19.9 Å². The van der Waals surface area contributed by atoms with Crippen LogP contribution in [0.5, 0.6) is 0 Å². The van der Waals surface area contributed by atoms with Crippen molar-refractivity contribution in [1.29, 1.82) is 0 Å². The molecule has 0 aliphatic rings. The van der Waals surface area contributed by atoms with Crippen molar-refractivity contribution in [2.75, 3.05) is 11.6 Å². The SMILES string of the molecule is CSc1ccc(NC(=O)C(C)Sc2ncnc3nc[nH]c23)cc1. The monoisotopic (exact) mass is 345 g/mol. The first-order chi connectivity index (χ1) is 11.2. The minimum Gasteiger partial charge on any atom is -0.341 e. The Kier molecular flexibility index (Phi) is 4.82. The summed E-state index contributed by atoms with van der Waals surface area (Å²) in [5.41, 5.74) is 2.14. The van der Waals surface area contributed by atoms with Gasteiger partial charge in [0.25, 0.3) is 0 Å². The first kappa shape index (κ1) is 15.8. The van der Waals surface area contributed by atoms with E-state index in [9.17, 15) is 4.79 Å². The molecule has 0 aliphatic heterocycles. The lowest BCUT2D eigenvalue weighted by molar-refractivity contribution is -0.115. The summed E-state index contributed by atoms with van der Waals surface area (Å²) in [6, 6.07) is 7.77. The molecule has 6 nitrogen and oxygen atoms in total. The van der Waals surface area contributed by atoms with Gasteiger partial charge in [0, 0.05) is 10.6 Å². The molecule has 3 rings (SSSR count). The first-order valence-corrected chi connectivity index (χ1v) is 9.03. The second-order valence-corrected chi connectivity index (χ2v) is 6.97. The van der Waals surface area contributed by atoms with E-state index in [0.29, 0.717) is 10.7 Å². The Balaban J connectivity index is 1.68. The largest absolute Gasteiger partial charge is 0.341 e. The molecule has 0 bridgehead atoms. The number of nitrogens with one attached hydrogen (secondary N) is 2. The predicted octanol–water partition coefficient (Wildman–Crippen LogP) is 3.19. The number of fused-ring (bicyclic) bond motifs is 1. The van der Waals surface area contributed by atoms with E-state index >= 15 is 0 Å². The Hall–Kier alpha value is -2.06. The zero-order valence-electron chi connectivity index (χ0n) is 12.6. The van der Waals surface area contributed by atoms with Gasteiger partial charge in [-0.25, -0.2) is 15.0 Å². The minimum absolute atomic E-state index is 0.0711. The number of rotatable bonds is 5. The van der Waals surface area contributed by atoms with Crippen molar-refractivity contribution in [3.05, 3.63) is 36.9 Å². The van der Waals surface area contributed by atoms with Crippen LogP contribution in [0.4, 0.5) is 5.69 Å². The van der Waals surface area contributed by atoms with Crippen molar-refractivity contribution in [2.45, 2.75) is 22.1 Å². The number of hydrogen-bond acceptors (Lipinski definition) is 6. The van der Waals surface area contributed by atoms with Crippen LogP contribution in [0.1, 0.15) is 6.92 Å². The fraction of sp³-hybridized carbons (Fsp3) is 0.200. The van der Waals surface area contributed by atoms with Gasteiger partial charge in [-0.1, -0.05) is 11.8 Å². The summed E-state index contributed by atoms with van der Waals surface area (Å²) in [6.07, 6.45) is 5.04. The molecular formula is C15H15N5OS2. The molecule has 8 heteroatoms. The maximum absolute atomic E-state index is 12.3. The Morgan fingerprint density at radius 2 is 2.00 bits per heavy atom. The van der Waals surface area contributed by atoms with E-state index in [1.807, 2.05) is 37.4 Å². The molecular weight excluding hydrogens is 330 g/mol. The van der Waals surface area contributed by atoms with Crippen LogP contribution in [0.3, 0.4) is 0 Å². The number of imidazole rings is 1. The lowest BCUT2D eigenvalue weighted by atomic mass is 10.3. The third-order valence-corrected chi connectivity index (χ3v) is 5.05. The standard InChI is InChI=1S/C15H15N5OS2/c1-9(14(21)20-10-3-5-11(22-2)6-4-10)23-15-12-13(17-7-16-12)18-8-19-15/h3-9H,1-2H3,(H,20,21)(H,16,17,18,19). The molecule has 3 aromatic rings. The molecule has 2 heterocycles. The van der Waals surface area contributed by atoms with E-state index in [4.69, 9.17) is 0 Å². The average molecular weight is 345 g/mol. The summed E-state index contributed by atoms with van der Waals surface area (Å²) in [5.74, 6) is -0.0711. The first-order valence-electron chi connectivity index (χ1n) is 6.93. The summed E-state index contributed by atoms with van der Waals surface area (Å²) < 4.78 is 0. The van der Waals surface area contributed by atoms with Crippen molar-refractivity contribution >= 4 is 46.3 Å². The van der Waals surface area contributed by atoms with Gasteiger partial charge in [-0.15, -0.1) is 11.8 Å². The second-order valence-electron chi connectivity index (χ2n) is 4.76. The Morgan fingerprint density at radius 3 is 2.74 bits per heavy atom. The summed E-state index contributed by atoms with van der Waals surface area (Å²) in [7, 11) is 0. The predicted molar refractivity (Wildman–Crippen MR) is 93.9 cm³/mol. The molecule has 1 unspecified atom stereocenters. The molecule has 0 radical (unpaired) electrons. The maximum Gasteiger partial charge on any atom is 0.237 e. The number of nitrogens with zero attached hydrogens (tertiary/aromatic N) is 3. The highest BCUT2D eigenvalue weighted by Gasteiger charge is 2.17. The molecule has 1 aromatic carbocycles. The molecule has 1 atom stereocenters. The fourth-order valence-corrected chi connectivity index (χ4v) is 3.26.